The van der Waals surface area contributed by atoms with E-state index in [-0.39, 0.29) is 0 Å². The molecule has 1 N–H and O–H groups in total. The minimum absolute atomic E-state index is 0.561. The van der Waals surface area contributed by atoms with Gasteiger partial charge in [0.05, 0.1) is 5.52 Å². The first kappa shape index (κ1) is 13.6. The van der Waals surface area contributed by atoms with Crippen molar-refractivity contribution in [3.8, 4) is 5.75 Å². The Bertz CT molecular complexity index is 740. The van der Waals surface area contributed by atoms with E-state index in [1.54, 1.807) is 0 Å². The lowest BCUT2D eigenvalue weighted by Gasteiger charge is -2.11. The Morgan fingerprint density at radius 1 is 1.05 bits per heavy atom. The summed E-state index contributed by atoms with van der Waals surface area (Å²) in [5, 5.41) is 4.30. The van der Waals surface area contributed by atoms with E-state index < -0.39 is 0 Å². The molecule has 3 nitrogen and oxygen atoms in total. The number of nitrogens with one attached hydrogen (secondary N) is 1. The molecule has 3 heteroatoms. The Balaban J connectivity index is 1.77. The number of para-hydroxylation sites is 1. The molecule has 3 rings (SSSR count). The van der Waals surface area contributed by atoms with E-state index in [4.69, 9.17) is 4.74 Å². The number of hydrogen-bond donors (Lipinski definition) is 1. The summed E-state index contributed by atoms with van der Waals surface area (Å²) in [6.45, 7) is 1.36. The van der Waals surface area contributed by atoms with Crippen molar-refractivity contribution in [1.82, 2.24) is 10.3 Å². The highest BCUT2D eigenvalue weighted by Crippen LogP contribution is 2.20. The fraction of sp³-hybridized carbons (Fsp3) is 0.167. The van der Waals surface area contributed by atoms with E-state index in [2.05, 4.69) is 34.6 Å². The van der Waals surface area contributed by atoms with Gasteiger partial charge in [-0.15, -0.1) is 0 Å². The molecular weight excluding hydrogens is 260 g/mol. The summed E-state index contributed by atoms with van der Waals surface area (Å²) in [6.07, 6.45) is 1.81. The van der Waals surface area contributed by atoms with Crippen LogP contribution in [0.1, 0.15) is 11.1 Å². The number of hydrogen-bond acceptors (Lipinski definition) is 3. The molecule has 3 aromatic rings. The molecule has 0 aliphatic heterocycles. The molecular formula is C18H18N2O. The molecule has 0 aliphatic carbocycles. The first-order valence-corrected chi connectivity index (χ1v) is 7.06. The molecule has 0 aliphatic rings. The number of rotatable bonds is 5. The largest absolute Gasteiger partial charge is 0.489 e. The van der Waals surface area contributed by atoms with Crippen LogP contribution in [0.15, 0.2) is 60.8 Å². The van der Waals surface area contributed by atoms with Gasteiger partial charge in [0.2, 0.25) is 0 Å². The van der Waals surface area contributed by atoms with Gasteiger partial charge in [-0.1, -0.05) is 30.3 Å². The molecule has 0 fully saturated rings. The van der Waals surface area contributed by atoms with Gasteiger partial charge in [-0.25, -0.2) is 0 Å². The topological polar surface area (TPSA) is 34.1 Å². The van der Waals surface area contributed by atoms with Crippen LogP contribution in [0.5, 0.6) is 5.75 Å². The van der Waals surface area contributed by atoms with E-state index in [0.717, 1.165) is 28.8 Å². The maximum atomic E-state index is 5.96. The van der Waals surface area contributed by atoms with E-state index in [9.17, 15) is 0 Å². The lowest BCUT2D eigenvalue weighted by molar-refractivity contribution is 0.302. The summed E-state index contributed by atoms with van der Waals surface area (Å²) in [5.41, 5.74) is 3.33. The predicted octanol–water partition coefficient (Wildman–Crippen LogP) is 3.53. The molecule has 2 aromatic carbocycles. The standard InChI is InChI=1S/C18H18N2O/c1-19-12-16-5-2-3-7-18(16)21-13-14-8-9-17-15(11-14)6-4-10-20-17/h2-11,19H,12-13H2,1H3. The smallest absolute Gasteiger partial charge is 0.124 e. The molecule has 0 saturated heterocycles. The van der Waals surface area contributed by atoms with Crippen molar-refractivity contribution in [1.29, 1.82) is 0 Å². The maximum absolute atomic E-state index is 5.96. The molecule has 21 heavy (non-hydrogen) atoms. The number of benzene rings is 2. The van der Waals surface area contributed by atoms with E-state index in [1.807, 2.05) is 43.6 Å². The van der Waals surface area contributed by atoms with Crippen molar-refractivity contribution in [2.24, 2.45) is 0 Å². The fourth-order valence-corrected chi connectivity index (χ4v) is 2.36. The lowest BCUT2D eigenvalue weighted by Crippen LogP contribution is -2.07. The normalized spacial score (nSPS) is 10.7. The first-order chi connectivity index (χ1) is 10.4. The Morgan fingerprint density at radius 3 is 2.86 bits per heavy atom. The van der Waals surface area contributed by atoms with Crippen LogP contribution in [0.4, 0.5) is 0 Å². The van der Waals surface area contributed by atoms with Crippen LogP contribution in [0.3, 0.4) is 0 Å². The Kier molecular flexibility index (Phi) is 4.12. The highest BCUT2D eigenvalue weighted by molar-refractivity contribution is 5.78. The molecule has 1 aromatic heterocycles. The molecule has 1 heterocycles. The van der Waals surface area contributed by atoms with Gasteiger partial charge in [-0.3, -0.25) is 4.98 Å². The molecule has 0 spiro atoms. The van der Waals surface area contributed by atoms with Crippen molar-refractivity contribution in [3.63, 3.8) is 0 Å². The average Bonchev–Trinajstić information content (AvgIpc) is 2.54. The van der Waals surface area contributed by atoms with Gasteiger partial charge in [0.1, 0.15) is 12.4 Å². The van der Waals surface area contributed by atoms with Gasteiger partial charge < -0.3 is 10.1 Å². The van der Waals surface area contributed by atoms with E-state index >= 15 is 0 Å². The van der Waals surface area contributed by atoms with Crippen LogP contribution in [0.2, 0.25) is 0 Å². The number of fused-ring (bicyclic) bond motifs is 1. The Morgan fingerprint density at radius 2 is 1.95 bits per heavy atom. The summed E-state index contributed by atoms with van der Waals surface area (Å²) in [5.74, 6) is 0.929. The quantitative estimate of drug-likeness (QED) is 0.775. The van der Waals surface area contributed by atoms with E-state index in [0.29, 0.717) is 6.61 Å². The van der Waals surface area contributed by atoms with Crippen LogP contribution in [0.25, 0.3) is 10.9 Å². The van der Waals surface area contributed by atoms with Crippen molar-refractivity contribution >= 4 is 10.9 Å². The zero-order valence-electron chi connectivity index (χ0n) is 12.0. The average molecular weight is 278 g/mol. The molecule has 0 amide bonds. The number of ether oxygens (including phenoxy) is 1. The lowest BCUT2D eigenvalue weighted by atomic mass is 10.1. The zero-order chi connectivity index (χ0) is 14.5. The summed E-state index contributed by atoms with van der Waals surface area (Å²) in [7, 11) is 1.94. The van der Waals surface area contributed by atoms with E-state index in [1.165, 1.54) is 5.56 Å². The third-order valence-corrected chi connectivity index (χ3v) is 3.40. The highest BCUT2D eigenvalue weighted by atomic mass is 16.5. The number of pyridine rings is 1. The second-order valence-corrected chi connectivity index (χ2v) is 4.96. The minimum Gasteiger partial charge on any atom is -0.489 e. The third kappa shape index (κ3) is 3.20. The summed E-state index contributed by atoms with van der Waals surface area (Å²) >= 11 is 0. The first-order valence-electron chi connectivity index (χ1n) is 7.06. The zero-order valence-corrected chi connectivity index (χ0v) is 12.0. The molecule has 0 radical (unpaired) electrons. The number of aromatic nitrogens is 1. The molecule has 0 atom stereocenters. The maximum Gasteiger partial charge on any atom is 0.124 e. The van der Waals surface area contributed by atoms with Gasteiger partial charge in [-0.05, 0) is 36.9 Å². The van der Waals surface area contributed by atoms with Crippen molar-refractivity contribution in [2.45, 2.75) is 13.2 Å². The van der Waals surface area contributed by atoms with Crippen LogP contribution in [-0.2, 0) is 13.2 Å². The van der Waals surface area contributed by atoms with Gasteiger partial charge in [0.25, 0.3) is 0 Å². The van der Waals surface area contributed by atoms with Crippen molar-refractivity contribution in [2.75, 3.05) is 7.05 Å². The molecule has 0 bridgehead atoms. The minimum atomic E-state index is 0.561. The van der Waals surface area contributed by atoms with Gasteiger partial charge in [0, 0.05) is 23.7 Å². The number of nitrogens with zero attached hydrogens (tertiary/aromatic N) is 1. The van der Waals surface area contributed by atoms with Crippen molar-refractivity contribution < 1.29 is 4.74 Å². The monoisotopic (exact) mass is 278 g/mol. The highest BCUT2D eigenvalue weighted by Gasteiger charge is 2.03. The Hall–Kier alpha value is -2.39. The third-order valence-electron chi connectivity index (χ3n) is 3.40. The van der Waals surface area contributed by atoms with Crippen LogP contribution in [0, 0.1) is 0 Å². The molecule has 0 saturated carbocycles. The summed E-state index contributed by atoms with van der Waals surface area (Å²) in [6, 6.07) is 18.4. The predicted molar refractivity (Wildman–Crippen MR) is 85.3 cm³/mol. The SMILES string of the molecule is CNCc1ccccc1OCc1ccc2ncccc2c1. The van der Waals surface area contributed by atoms with Gasteiger partial charge >= 0.3 is 0 Å². The molecule has 106 valence electrons. The molecule has 0 unspecified atom stereocenters. The van der Waals surface area contributed by atoms with Crippen LogP contribution in [-0.4, -0.2) is 12.0 Å². The van der Waals surface area contributed by atoms with Gasteiger partial charge in [0.15, 0.2) is 0 Å². The Labute approximate surface area is 124 Å². The fourth-order valence-electron chi connectivity index (χ4n) is 2.36. The van der Waals surface area contributed by atoms with Gasteiger partial charge in [-0.2, -0.15) is 0 Å². The van der Waals surface area contributed by atoms with Crippen LogP contribution < -0.4 is 10.1 Å². The van der Waals surface area contributed by atoms with Crippen molar-refractivity contribution in [3.05, 3.63) is 71.9 Å². The van der Waals surface area contributed by atoms with Crippen LogP contribution >= 0.6 is 0 Å². The second kappa shape index (κ2) is 6.37. The summed E-state index contributed by atoms with van der Waals surface area (Å²) in [4.78, 5) is 4.33. The second-order valence-electron chi connectivity index (χ2n) is 4.96. The summed E-state index contributed by atoms with van der Waals surface area (Å²) < 4.78 is 5.96.